The molecule has 1 aromatic heterocycles. The zero-order chi connectivity index (χ0) is 12.7. The molecular weight excluding hydrogens is 294 g/mol. The Bertz CT molecular complexity index is 676. The van der Waals surface area contributed by atoms with E-state index >= 15 is 0 Å². The quantitative estimate of drug-likeness (QED) is 0.879. The van der Waals surface area contributed by atoms with Gasteiger partial charge in [-0.1, -0.05) is 0 Å². The Hall–Kier alpha value is -1.29. The van der Waals surface area contributed by atoms with E-state index in [0.29, 0.717) is 11.1 Å². The summed E-state index contributed by atoms with van der Waals surface area (Å²) in [6.45, 7) is 0. The van der Waals surface area contributed by atoms with Gasteiger partial charge in [0.2, 0.25) is 0 Å². The molecule has 0 amide bonds. The molecule has 0 spiro atoms. The standard InChI is InChI=1S/C14H14BrNO2/c1-18-11-7-6-9(15)13-12(11)14(17)8-4-2-3-5-10(8)16-13/h6-7H,2-5H2,1H3,(H,16,17). The Kier molecular flexibility index (Phi) is 2.90. The number of aryl methyl sites for hydroxylation is 1. The summed E-state index contributed by atoms with van der Waals surface area (Å²) in [6, 6.07) is 3.74. The van der Waals surface area contributed by atoms with Gasteiger partial charge in [-0.05, 0) is 53.7 Å². The molecule has 0 aliphatic heterocycles. The van der Waals surface area contributed by atoms with Crippen LogP contribution in [-0.2, 0) is 12.8 Å². The number of benzene rings is 1. The first-order chi connectivity index (χ1) is 8.72. The average molecular weight is 308 g/mol. The second-order valence-corrected chi connectivity index (χ2v) is 5.47. The van der Waals surface area contributed by atoms with Gasteiger partial charge < -0.3 is 9.72 Å². The second kappa shape index (κ2) is 4.43. The predicted molar refractivity (Wildman–Crippen MR) is 75.5 cm³/mol. The number of H-pyrrole nitrogens is 1. The molecule has 0 fully saturated rings. The molecule has 1 aliphatic carbocycles. The lowest BCUT2D eigenvalue weighted by molar-refractivity contribution is 0.419. The number of ether oxygens (including phenoxy) is 1. The van der Waals surface area contributed by atoms with Crippen LogP contribution in [0.25, 0.3) is 10.9 Å². The van der Waals surface area contributed by atoms with E-state index in [2.05, 4.69) is 20.9 Å². The van der Waals surface area contributed by atoms with E-state index in [4.69, 9.17) is 4.74 Å². The van der Waals surface area contributed by atoms with E-state index in [1.807, 2.05) is 12.1 Å². The van der Waals surface area contributed by atoms with Gasteiger partial charge >= 0.3 is 0 Å². The molecule has 2 aromatic rings. The van der Waals surface area contributed by atoms with Crippen molar-refractivity contribution in [2.45, 2.75) is 25.7 Å². The number of aromatic amines is 1. The second-order valence-electron chi connectivity index (χ2n) is 4.62. The van der Waals surface area contributed by atoms with Crippen LogP contribution in [0.15, 0.2) is 21.4 Å². The molecule has 94 valence electrons. The van der Waals surface area contributed by atoms with Crippen molar-refractivity contribution in [3.05, 3.63) is 38.1 Å². The van der Waals surface area contributed by atoms with Gasteiger partial charge in [0.25, 0.3) is 0 Å². The highest BCUT2D eigenvalue weighted by atomic mass is 79.9. The average Bonchev–Trinajstić information content (AvgIpc) is 2.40. The van der Waals surface area contributed by atoms with Crippen LogP contribution in [0.5, 0.6) is 5.75 Å². The Labute approximate surface area is 113 Å². The summed E-state index contributed by atoms with van der Waals surface area (Å²) in [6.07, 6.45) is 4.08. The molecule has 0 atom stereocenters. The lowest BCUT2D eigenvalue weighted by Crippen LogP contribution is -2.19. The first-order valence-electron chi connectivity index (χ1n) is 6.12. The van der Waals surface area contributed by atoms with Crippen LogP contribution < -0.4 is 10.2 Å². The van der Waals surface area contributed by atoms with Gasteiger partial charge in [-0.25, -0.2) is 0 Å². The third-order valence-electron chi connectivity index (χ3n) is 3.58. The van der Waals surface area contributed by atoms with E-state index < -0.39 is 0 Å². The number of rotatable bonds is 1. The largest absolute Gasteiger partial charge is 0.496 e. The lowest BCUT2D eigenvalue weighted by atomic mass is 9.94. The van der Waals surface area contributed by atoms with Crippen LogP contribution in [-0.4, -0.2) is 12.1 Å². The zero-order valence-electron chi connectivity index (χ0n) is 10.2. The minimum absolute atomic E-state index is 0.122. The fourth-order valence-corrected chi connectivity index (χ4v) is 3.10. The molecule has 0 saturated carbocycles. The van der Waals surface area contributed by atoms with Crippen LogP contribution in [0.4, 0.5) is 0 Å². The third-order valence-corrected chi connectivity index (χ3v) is 4.24. The van der Waals surface area contributed by atoms with Gasteiger partial charge in [0.15, 0.2) is 5.43 Å². The topological polar surface area (TPSA) is 42.1 Å². The van der Waals surface area contributed by atoms with Crippen LogP contribution in [0.2, 0.25) is 0 Å². The van der Waals surface area contributed by atoms with Crippen molar-refractivity contribution in [1.29, 1.82) is 0 Å². The van der Waals surface area contributed by atoms with Crippen LogP contribution in [0, 0.1) is 0 Å². The lowest BCUT2D eigenvalue weighted by Gasteiger charge is -2.17. The maximum Gasteiger partial charge on any atom is 0.196 e. The SMILES string of the molecule is COc1ccc(Br)c2[nH]c3c(c(=O)c12)CCCC3. The molecular formula is C14H14BrNO2. The molecule has 0 unspecified atom stereocenters. The summed E-state index contributed by atoms with van der Waals surface area (Å²) in [5.41, 5.74) is 2.99. The van der Waals surface area contributed by atoms with Gasteiger partial charge in [-0.15, -0.1) is 0 Å². The monoisotopic (exact) mass is 307 g/mol. The van der Waals surface area contributed by atoms with E-state index in [1.165, 1.54) is 0 Å². The van der Waals surface area contributed by atoms with E-state index in [1.54, 1.807) is 7.11 Å². The number of halogens is 1. The van der Waals surface area contributed by atoms with E-state index in [0.717, 1.165) is 46.9 Å². The highest BCUT2D eigenvalue weighted by molar-refractivity contribution is 9.10. The van der Waals surface area contributed by atoms with Crippen molar-refractivity contribution >= 4 is 26.8 Å². The minimum atomic E-state index is 0.122. The number of hydrogen-bond acceptors (Lipinski definition) is 2. The van der Waals surface area contributed by atoms with Gasteiger partial charge in [0.05, 0.1) is 18.0 Å². The molecule has 1 aromatic carbocycles. The number of hydrogen-bond donors (Lipinski definition) is 1. The zero-order valence-corrected chi connectivity index (χ0v) is 11.8. The van der Waals surface area contributed by atoms with Crippen molar-refractivity contribution in [2.24, 2.45) is 0 Å². The highest BCUT2D eigenvalue weighted by Crippen LogP contribution is 2.30. The Morgan fingerprint density at radius 1 is 1.28 bits per heavy atom. The highest BCUT2D eigenvalue weighted by Gasteiger charge is 2.18. The molecule has 1 N–H and O–H groups in total. The molecule has 4 heteroatoms. The smallest absolute Gasteiger partial charge is 0.196 e. The van der Waals surface area contributed by atoms with Crippen molar-refractivity contribution < 1.29 is 4.74 Å². The van der Waals surface area contributed by atoms with Crippen LogP contribution >= 0.6 is 15.9 Å². The van der Waals surface area contributed by atoms with Crippen LogP contribution in [0.3, 0.4) is 0 Å². The van der Waals surface area contributed by atoms with Crippen molar-refractivity contribution in [3.63, 3.8) is 0 Å². The normalized spacial score (nSPS) is 14.6. The summed E-state index contributed by atoms with van der Waals surface area (Å²) in [5, 5.41) is 0.660. The minimum Gasteiger partial charge on any atom is -0.496 e. The summed E-state index contributed by atoms with van der Waals surface area (Å²) < 4.78 is 6.22. The van der Waals surface area contributed by atoms with Crippen molar-refractivity contribution in [2.75, 3.05) is 7.11 Å². The molecule has 18 heavy (non-hydrogen) atoms. The molecule has 0 saturated heterocycles. The number of aromatic nitrogens is 1. The fourth-order valence-electron chi connectivity index (χ4n) is 2.67. The molecule has 3 nitrogen and oxygen atoms in total. The molecule has 1 aliphatic rings. The van der Waals surface area contributed by atoms with Gasteiger partial charge in [0.1, 0.15) is 5.75 Å². The van der Waals surface area contributed by atoms with Gasteiger partial charge in [0, 0.05) is 15.7 Å². The van der Waals surface area contributed by atoms with Crippen molar-refractivity contribution in [1.82, 2.24) is 4.98 Å². The van der Waals surface area contributed by atoms with Gasteiger partial charge in [-0.3, -0.25) is 4.79 Å². The number of nitrogens with one attached hydrogen (secondary N) is 1. The molecule has 3 rings (SSSR count). The Morgan fingerprint density at radius 3 is 2.83 bits per heavy atom. The number of methoxy groups -OCH3 is 1. The summed E-state index contributed by atoms with van der Waals surface area (Å²) >= 11 is 3.50. The van der Waals surface area contributed by atoms with Crippen LogP contribution in [0.1, 0.15) is 24.1 Å². The fraction of sp³-hybridized carbons (Fsp3) is 0.357. The maximum absolute atomic E-state index is 12.6. The van der Waals surface area contributed by atoms with Gasteiger partial charge in [-0.2, -0.15) is 0 Å². The molecule has 0 radical (unpaired) electrons. The molecule has 1 heterocycles. The summed E-state index contributed by atoms with van der Waals surface area (Å²) in [4.78, 5) is 16.0. The van der Waals surface area contributed by atoms with E-state index in [-0.39, 0.29) is 5.43 Å². The van der Waals surface area contributed by atoms with E-state index in [9.17, 15) is 4.79 Å². The summed E-state index contributed by atoms with van der Waals surface area (Å²) in [7, 11) is 1.60. The maximum atomic E-state index is 12.6. The third kappa shape index (κ3) is 1.67. The Morgan fingerprint density at radius 2 is 2.06 bits per heavy atom. The molecule has 0 bridgehead atoms. The predicted octanol–water partition coefficient (Wildman–Crippen LogP) is 3.18. The first kappa shape index (κ1) is 11.8. The first-order valence-corrected chi connectivity index (χ1v) is 6.92. The Balaban J connectivity index is 2.45. The number of fused-ring (bicyclic) bond motifs is 2. The van der Waals surface area contributed by atoms with Crippen molar-refractivity contribution in [3.8, 4) is 5.75 Å². The number of pyridine rings is 1. The summed E-state index contributed by atoms with van der Waals surface area (Å²) in [5.74, 6) is 0.642.